The van der Waals surface area contributed by atoms with Crippen LogP contribution in [0, 0.1) is 26.6 Å². The van der Waals surface area contributed by atoms with Crippen molar-refractivity contribution >= 4 is 24.2 Å². The van der Waals surface area contributed by atoms with Gasteiger partial charge in [0.2, 0.25) is 5.91 Å². The standard InChI is InChI=1S/C32H27F4NO3.C4H9NO.C3H8O.C3H8.C3H6/c1-19-14-20(2)30(21(3)15-19)25-10-13-29(28(33)17-25)37-31(39)27(16-22-4-6-23(18-38)7-5-22)24-8-11-26(12-9-24)40-32(34,35)36;1-5-3-2-4-6;1-3-4-2;2*1-3-2/h4-15,17-18,27H,16H2,1-3H3,(H,37,39);4-5H,2-3H2,1H3;3H2,1-2H3;3H2,1-2H3;3H,1H2,2H3. The Morgan fingerprint density at radius 2 is 1.43 bits per heavy atom. The molecule has 0 spiro atoms. The van der Waals surface area contributed by atoms with E-state index in [1.54, 1.807) is 43.5 Å². The molecule has 0 radical (unpaired) electrons. The second-order valence-electron chi connectivity index (χ2n) is 12.4. The Labute approximate surface area is 330 Å². The van der Waals surface area contributed by atoms with Crippen LogP contribution in [-0.2, 0) is 20.7 Å². The monoisotopic (exact) mass is 782 g/mol. The van der Waals surface area contributed by atoms with Crippen LogP contribution in [0.1, 0.15) is 84.6 Å². The number of amides is 1. The molecule has 4 aromatic rings. The van der Waals surface area contributed by atoms with Gasteiger partial charge in [-0.3, -0.25) is 9.59 Å². The van der Waals surface area contributed by atoms with Crippen molar-refractivity contribution in [3.63, 3.8) is 0 Å². The van der Waals surface area contributed by atoms with Crippen LogP contribution in [0.3, 0.4) is 0 Å². The number of carbonyl (C=O) groups excluding carboxylic acids is 3. The van der Waals surface area contributed by atoms with Crippen LogP contribution in [0.5, 0.6) is 5.75 Å². The molecule has 0 fully saturated rings. The fourth-order valence-corrected chi connectivity index (χ4v) is 5.06. The Hall–Kier alpha value is -5.13. The van der Waals surface area contributed by atoms with Crippen molar-refractivity contribution in [1.29, 1.82) is 0 Å². The summed E-state index contributed by atoms with van der Waals surface area (Å²) in [5.74, 6) is -2.46. The molecule has 11 heteroatoms. The summed E-state index contributed by atoms with van der Waals surface area (Å²) in [5, 5.41) is 5.48. The van der Waals surface area contributed by atoms with Crippen molar-refractivity contribution in [2.24, 2.45) is 0 Å². The zero-order valence-electron chi connectivity index (χ0n) is 34.1. The highest BCUT2D eigenvalue weighted by Gasteiger charge is 2.31. The summed E-state index contributed by atoms with van der Waals surface area (Å²) in [5.41, 5.74) is 6.27. The van der Waals surface area contributed by atoms with Crippen LogP contribution >= 0.6 is 0 Å². The molecule has 1 atom stereocenters. The second kappa shape index (κ2) is 28.3. The van der Waals surface area contributed by atoms with E-state index in [1.165, 1.54) is 30.7 Å². The summed E-state index contributed by atoms with van der Waals surface area (Å²) in [7, 11) is 3.50. The number of aryl methyl sites for hydroxylation is 3. The quantitative estimate of drug-likeness (QED) is 0.0643. The van der Waals surface area contributed by atoms with Crippen LogP contribution in [0.25, 0.3) is 11.1 Å². The number of halogens is 4. The first-order chi connectivity index (χ1) is 26.6. The summed E-state index contributed by atoms with van der Waals surface area (Å²) < 4.78 is 61.6. The lowest BCUT2D eigenvalue weighted by molar-refractivity contribution is -0.274. The number of methoxy groups -OCH3 is 1. The Bertz CT molecular complexity index is 1720. The number of allylic oxidation sites excluding steroid dienone is 1. The highest BCUT2D eigenvalue weighted by molar-refractivity contribution is 5.96. The fraction of sp³-hybridized carbons (Fsp3) is 0.356. The maximum atomic E-state index is 15.3. The lowest BCUT2D eigenvalue weighted by atomic mass is 9.90. The van der Waals surface area contributed by atoms with Gasteiger partial charge in [-0.25, -0.2) is 4.39 Å². The zero-order chi connectivity index (χ0) is 42.7. The van der Waals surface area contributed by atoms with Gasteiger partial charge in [0.1, 0.15) is 24.1 Å². The first kappa shape index (κ1) is 50.9. The third-order valence-electron chi connectivity index (χ3n) is 7.38. The minimum absolute atomic E-state index is 0.0190. The van der Waals surface area contributed by atoms with Gasteiger partial charge in [0.25, 0.3) is 0 Å². The molecule has 1 unspecified atom stereocenters. The molecule has 0 aliphatic rings. The topological polar surface area (TPSA) is 93.7 Å². The summed E-state index contributed by atoms with van der Waals surface area (Å²) >= 11 is 0. The minimum atomic E-state index is -4.85. The number of hydrogen-bond donors (Lipinski definition) is 2. The normalized spacial score (nSPS) is 10.6. The van der Waals surface area contributed by atoms with E-state index in [9.17, 15) is 27.6 Å². The van der Waals surface area contributed by atoms with Crippen LogP contribution < -0.4 is 15.4 Å². The summed E-state index contributed by atoms with van der Waals surface area (Å²) in [4.78, 5) is 34.0. The average Bonchev–Trinajstić information content (AvgIpc) is 3.14. The van der Waals surface area contributed by atoms with Gasteiger partial charge in [-0.05, 0) is 106 Å². The van der Waals surface area contributed by atoms with E-state index in [-0.39, 0.29) is 12.1 Å². The maximum absolute atomic E-state index is 15.3. The highest BCUT2D eigenvalue weighted by Crippen LogP contribution is 2.32. The van der Waals surface area contributed by atoms with Crippen molar-refractivity contribution in [3.8, 4) is 16.9 Å². The number of benzene rings is 4. The van der Waals surface area contributed by atoms with Gasteiger partial charge in [-0.2, -0.15) is 0 Å². The average molecular weight is 783 g/mol. The molecule has 0 heterocycles. The third-order valence-corrected chi connectivity index (χ3v) is 7.38. The van der Waals surface area contributed by atoms with Gasteiger partial charge >= 0.3 is 6.36 Å². The second-order valence-corrected chi connectivity index (χ2v) is 12.4. The van der Waals surface area contributed by atoms with Crippen molar-refractivity contribution < 1.29 is 41.4 Å². The van der Waals surface area contributed by atoms with E-state index in [2.05, 4.69) is 40.5 Å². The largest absolute Gasteiger partial charge is 0.573 e. The first-order valence-electron chi connectivity index (χ1n) is 18.3. The molecule has 2 N–H and O–H groups in total. The number of rotatable bonds is 12. The van der Waals surface area contributed by atoms with E-state index in [0.717, 1.165) is 53.8 Å². The number of hydrogen-bond acceptors (Lipinski definition) is 6. The molecule has 7 nitrogen and oxygen atoms in total. The molecule has 306 valence electrons. The highest BCUT2D eigenvalue weighted by atomic mass is 19.4. The van der Waals surface area contributed by atoms with Crippen molar-refractivity contribution in [2.45, 2.75) is 80.0 Å². The van der Waals surface area contributed by atoms with Gasteiger partial charge in [-0.1, -0.05) is 86.5 Å². The Morgan fingerprint density at radius 1 is 0.893 bits per heavy atom. The number of alkyl halides is 3. The summed E-state index contributed by atoms with van der Waals surface area (Å²) in [6, 6.07) is 20.2. The molecular formula is C45H58F4N2O5. The number of aldehydes is 2. The summed E-state index contributed by atoms with van der Waals surface area (Å²) in [6.45, 7) is 19.0. The summed E-state index contributed by atoms with van der Waals surface area (Å²) in [6.07, 6.45) is 0.524. The molecular weight excluding hydrogens is 724 g/mol. The molecule has 0 saturated carbocycles. The van der Waals surface area contributed by atoms with Gasteiger partial charge in [0, 0.05) is 32.2 Å². The number of nitrogens with one attached hydrogen (secondary N) is 2. The van der Waals surface area contributed by atoms with E-state index in [1.807, 2.05) is 53.8 Å². The predicted molar refractivity (Wildman–Crippen MR) is 220 cm³/mol. The van der Waals surface area contributed by atoms with Gasteiger partial charge < -0.3 is 24.9 Å². The molecule has 1 amide bonds. The lowest BCUT2D eigenvalue weighted by Crippen LogP contribution is -2.24. The molecule has 4 aromatic carbocycles. The molecule has 0 saturated heterocycles. The Morgan fingerprint density at radius 3 is 1.84 bits per heavy atom. The molecule has 0 aromatic heterocycles. The van der Waals surface area contributed by atoms with E-state index in [0.29, 0.717) is 35.0 Å². The molecule has 0 aliphatic carbocycles. The van der Waals surface area contributed by atoms with E-state index < -0.39 is 29.8 Å². The third kappa shape index (κ3) is 20.0. The minimum Gasteiger partial charge on any atom is -0.406 e. The molecule has 0 bridgehead atoms. The SMILES string of the molecule is C=CC.CCC.CCOC.CNCCC=O.Cc1cc(C)c(-c2ccc(NC(=O)C(Cc3ccc(C=O)cc3)c3ccc(OC(F)(F)F)cc3)c(F)c2)c(C)c1. The van der Waals surface area contributed by atoms with Crippen LogP contribution in [0.15, 0.2) is 91.5 Å². The zero-order valence-corrected chi connectivity index (χ0v) is 34.1. The maximum Gasteiger partial charge on any atom is 0.573 e. The lowest BCUT2D eigenvalue weighted by Gasteiger charge is -2.19. The Balaban J connectivity index is 0.00000161. The van der Waals surface area contributed by atoms with E-state index in [4.69, 9.17) is 0 Å². The molecule has 4 rings (SSSR count). The number of carbonyl (C=O) groups is 3. The Kier molecular flexibility index (Phi) is 25.7. The van der Waals surface area contributed by atoms with Crippen molar-refractivity contribution in [1.82, 2.24) is 5.32 Å². The van der Waals surface area contributed by atoms with Crippen molar-refractivity contribution in [3.05, 3.63) is 131 Å². The number of anilines is 1. The van der Waals surface area contributed by atoms with Crippen LogP contribution in [0.4, 0.5) is 23.2 Å². The first-order valence-corrected chi connectivity index (χ1v) is 18.3. The van der Waals surface area contributed by atoms with Crippen molar-refractivity contribution in [2.75, 3.05) is 32.6 Å². The van der Waals surface area contributed by atoms with Gasteiger partial charge in [0.05, 0.1) is 11.6 Å². The van der Waals surface area contributed by atoms with Crippen LogP contribution in [-0.4, -0.2) is 52.2 Å². The van der Waals surface area contributed by atoms with Gasteiger partial charge in [0.15, 0.2) is 0 Å². The predicted octanol–water partition coefficient (Wildman–Crippen LogP) is 11.2. The van der Waals surface area contributed by atoms with Gasteiger partial charge in [-0.15, -0.1) is 19.8 Å². The molecule has 56 heavy (non-hydrogen) atoms. The van der Waals surface area contributed by atoms with Crippen LogP contribution in [0.2, 0.25) is 0 Å². The smallest absolute Gasteiger partial charge is 0.406 e. The fourth-order valence-electron chi connectivity index (χ4n) is 5.06. The molecule has 0 aliphatic heterocycles. The number of ether oxygens (including phenoxy) is 2. The van der Waals surface area contributed by atoms with E-state index >= 15 is 4.39 Å².